The quantitative estimate of drug-likeness (QED) is 0.548. The Kier molecular flexibility index (Phi) is 5.85. The highest BCUT2D eigenvalue weighted by Crippen LogP contribution is 2.27. The topological polar surface area (TPSA) is 121 Å². The van der Waals surface area contributed by atoms with Crippen molar-refractivity contribution in [2.24, 2.45) is 0 Å². The second-order valence-corrected chi connectivity index (χ2v) is 10.8. The van der Waals surface area contributed by atoms with Crippen LogP contribution in [-0.2, 0) is 19.7 Å². The van der Waals surface area contributed by atoms with Crippen molar-refractivity contribution >= 4 is 42.7 Å². The molecule has 0 amide bonds. The average Bonchev–Trinajstić information content (AvgIpc) is 3.07. The van der Waals surface area contributed by atoms with Crippen LogP contribution in [0.15, 0.2) is 64.5 Å². The van der Waals surface area contributed by atoms with Crippen molar-refractivity contribution in [3.63, 3.8) is 0 Å². The number of hydrogen-bond donors (Lipinski definition) is 0. The van der Waals surface area contributed by atoms with Gasteiger partial charge in [0.25, 0.3) is 0 Å². The van der Waals surface area contributed by atoms with Gasteiger partial charge in [-0.15, -0.1) is 0 Å². The molecule has 0 radical (unpaired) electrons. The van der Waals surface area contributed by atoms with Crippen LogP contribution in [0.3, 0.4) is 0 Å². The van der Waals surface area contributed by atoms with Crippen LogP contribution in [0.5, 0.6) is 0 Å². The normalized spacial score (nSPS) is 13.0. The molecule has 0 aliphatic heterocycles. The van der Waals surface area contributed by atoms with E-state index < -0.39 is 19.7 Å². The van der Waals surface area contributed by atoms with Gasteiger partial charge in [0.2, 0.25) is 0 Å². The maximum Gasteiger partial charge on any atom is 0.185 e. The van der Waals surface area contributed by atoms with Crippen molar-refractivity contribution in [1.82, 2.24) is 4.57 Å². The molecule has 3 aromatic rings. The Hall–Kier alpha value is -3.66. The Balaban J connectivity index is 2.13. The third-order valence-electron chi connectivity index (χ3n) is 4.52. The minimum absolute atomic E-state index is 0.330. The number of fused-ring (bicyclic) bond motifs is 1. The summed E-state index contributed by atoms with van der Waals surface area (Å²) in [6.07, 6.45) is 6.33. The van der Waals surface area contributed by atoms with Crippen molar-refractivity contribution < 1.29 is 16.8 Å². The van der Waals surface area contributed by atoms with Gasteiger partial charge < -0.3 is 4.57 Å². The molecule has 2 aromatic carbocycles. The third-order valence-corrected chi connectivity index (χ3v) is 6.53. The first-order valence-electron chi connectivity index (χ1n) is 8.89. The number of sulfone groups is 2. The predicted molar refractivity (Wildman–Crippen MR) is 120 cm³/mol. The van der Waals surface area contributed by atoms with Gasteiger partial charge in [0, 0.05) is 35.3 Å². The van der Waals surface area contributed by atoms with Gasteiger partial charge in [0.1, 0.15) is 21.9 Å². The van der Waals surface area contributed by atoms with Gasteiger partial charge >= 0.3 is 0 Å². The van der Waals surface area contributed by atoms with Crippen LogP contribution in [-0.4, -0.2) is 33.9 Å². The lowest BCUT2D eigenvalue weighted by molar-refractivity contribution is 0.607. The molecule has 0 atom stereocenters. The number of rotatable bonds is 5. The second-order valence-electron chi connectivity index (χ2n) is 6.85. The molecule has 3 rings (SSSR count). The van der Waals surface area contributed by atoms with E-state index in [9.17, 15) is 22.1 Å². The van der Waals surface area contributed by atoms with E-state index in [1.54, 1.807) is 42.6 Å². The van der Waals surface area contributed by atoms with E-state index in [2.05, 4.69) is 0 Å². The lowest BCUT2D eigenvalue weighted by Gasteiger charge is -2.06. The number of hydrogen-bond acceptors (Lipinski definition) is 6. The van der Waals surface area contributed by atoms with Crippen molar-refractivity contribution in [1.29, 1.82) is 10.5 Å². The maximum atomic E-state index is 11.8. The van der Waals surface area contributed by atoms with Crippen LogP contribution < -0.4 is 0 Å². The SMILES string of the molecule is CS(=O)(=O)/C(C#N)=C/c1ccc(-n2cc(/C=C(\C#N)S(C)(=O)=O)c3ccccc32)cc1. The van der Waals surface area contributed by atoms with E-state index >= 15 is 0 Å². The fraction of sp³-hybridized carbons (Fsp3) is 0.0909. The standard InChI is InChI=1S/C22H17N3O4S2/c1-30(26,27)19(13-23)11-16-7-9-18(10-8-16)25-15-17(12-20(14-24)31(2,28)29)21-5-3-4-6-22(21)25/h3-12,15H,1-2H3/b19-11+,20-12+. The summed E-state index contributed by atoms with van der Waals surface area (Å²) in [5.41, 5.74) is 2.66. The van der Waals surface area contributed by atoms with E-state index in [4.69, 9.17) is 5.26 Å². The summed E-state index contributed by atoms with van der Waals surface area (Å²) in [6, 6.07) is 17.6. The van der Waals surface area contributed by atoms with Crippen LogP contribution >= 0.6 is 0 Å². The smallest absolute Gasteiger partial charge is 0.185 e. The zero-order valence-corrected chi connectivity index (χ0v) is 18.3. The van der Waals surface area contributed by atoms with Gasteiger partial charge in [-0.25, -0.2) is 16.8 Å². The van der Waals surface area contributed by atoms with Crippen molar-refractivity contribution in [3.8, 4) is 17.8 Å². The van der Waals surface area contributed by atoms with Crippen LogP contribution in [0.1, 0.15) is 11.1 Å². The summed E-state index contributed by atoms with van der Waals surface area (Å²) in [7, 11) is -7.27. The monoisotopic (exact) mass is 451 g/mol. The highest BCUT2D eigenvalue weighted by molar-refractivity contribution is 7.95. The van der Waals surface area contributed by atoms with Crippen LogP contribution in [0.2, 0.25) is 0 Å². The Bertz CT molecular complexity index is 1530. The summed E-state index contributed by atoms with van der Waals surface area (Å²) >= 11 is 0. The molecule has 9 heteroatoms. The lowest BCUT2D eigenvalue weighted by Crippen LogP contribution is -1.98. The van der Waals surface area contributed by atoms with E-state index in [0.29, 0.717) is 11.1 Å². The number of allylic oxidation sites excluding steroid dienone is 2. The van der Waals surface area contributed by atoms with Gasteiger partial charge in [0.05, 0.1) is 5.52 Å². The zero-order chi connectivity index (χ0) is 22.8. The first-order chi connectivity index (χ1) is 14.5. The third kappa shape index (κ3) is 4.75. The van der Waals surface area contributed by atoms with Crippen LogP contribution in [0, 0.1) is 22.7 Å². The van der Waals surface area contributed by atoms with Crippen molar-refractivity contribution in [2.45, 2.75) is 0 Å². The Morgan fingerprint density at radius 2 is 1.39 bits per heavy atom. The molecular formula is C22H17N3O4S2. The molecule has 156 valence electrons. The van der Waals surface area contributed by atoms with Crippen molar-refractivity contribution in [3.05, 3.63) is 75.7 Å². The van der Waals surface area contributed by atoms with Gasteiger partial charge in [-0.1, -0.05) is 30.3 Å². The minimum Gasteiger partial charge on any atom is -0.316 e. The number of benzene rings is 2. The van der Waals surface area contributed by atoms with E-state index in [-0.39, 0.29) is 9.81 Å². The highest BCUT2D eigenvalue weighted by Gasteiger charge is 2.14. The van der Waals surface area contributed by atoms with Gasteiger partial charge in [-0.3, -0.25) is 0 Å². The lowest BCUT2D eigenvalue weighted by atomic mass is 10.1. The molecule has 7 nitrogen and oxygen atoms in total. The largest absolute Gasteiger partial charge is 0.316 e. The molecule has 1 heterocycles. The first kappa shape index (κ1) is 22.0. The maximum absolute atomic E-state index is 11.8. The average molecular weight is 452 g/mol. The molecule has 1 aromatic heterocycles. The zero-order valence-electron chi connectivity index (χ0n) is 16.6. The van der Waals surface area contributed by atoms with Crippen molar-refractivity contribution in [2.75, 3.05) is 12.5 Å². The molecule has 0 bridgehead atoms. The molecule has 0 spiro atoms. The number of para-hydroxylation sites is 1. The molecule has 0 unspecified atom stereocenters. The fourth-order valence-corrected chi connectivity index (χ4v) is 4.03. The molecule has 0 saturated carbocycles. The molecule has 0 saturated heterocycles. The van der Waals surface area contributed by atoms with Gasteiger partial charge in [-0.2, -0.15) is 10.5 Å². The Morgan fingerprint density at radius 3 is 1.94 bits per heavy atom. The highest BCUT2D eigenvalue weighted by atomic mass is 32.2. The van der Waals surface area contributed by atoms with E-state index in [1.165, 1.54) is 12.2 Å². The summed E-state index contributed by atoms with van der Waals surface area (Å²) in [6.45, 7) is 0. The fourth-order valence-electron chi connectivity index (χ4n) is 3.00. The summed E-state index contributed by atoms with van der Waals surface area (Å²) in [4.78, 5) is -0.662. The Labute approximate surface area is 180 Å². The summed E-state index contributed by atoms with van der Waals surface area (Å²) in [5.74, 6) is 0. The minimum atomic E-state index is -3.66. The number of nitrogens with zero attached hydrogens (tertiary/aromatic N) is 3. The molecule has 0 N–H and O–H groups in total. The molecule has 0 fully saturated rings. The van der Waals surface area contributed by atoms with E-state index in [0.717, 1.165) is 29.1 Å². The molecule has 31 heavy (non-hydrogen) atoms. The van der Waals surface area contributed by atoms with Gasteiger partial charge in [0.15, 0.2) is 19.7 Å². The van der Waals surface area contributed by atoms with Crippen LogP contribution in [0.4, 0.5) is 0 Å². The van der Waals surface area contributed by atoms with E-state index in [1.807, 2.05) is 28.8 Å². The number of aromatic nitrogens is 1. The first-order valence-corrected chi connectivity index (χ1v) is 12.7. The Morgan fingerprint density at radius 1 is 0.839 bits per heavy atom. The molecule has 0 aliphatic carbocycles. The van der Waals surface area contributed by atoms with Gasteiger partial charge in [-0.05, 0) is 35.9 Å². The summed E-state index contributed by atoms with van der Waals surface area (Å²) < 4.78 is 48.7. The molecular weight excluding hydrogens is 434 g/mol. The summed E-state index contributed by atoms with van der Waals surface area (Å²) in [5, 5.41) is 19.0. The second kappa shape index (κ2) is 8.23. The number of nitriles is 2. The predicted octanol–water partition coefficient (Wildman–Crippen LogP) is 3.45. The van der Waals surface area contributed by atoms with Crippen LogP contribution in [0.25, 0.3) is 28.7 Å². The molecule has 0 aliphatic rings.